The molecule has 0 saturated carbocycles. The number of fused-ring (bicyclic) bond motifs is 1. The predicted octanol–water partition coefficient (Wildman–Crippen LogP) is 4.08. The minimum Gasteiger partial charge on any atom is -0.321 e. The molecular weight excluding hydrogens is 334 g/mol. The predicted molar refractivity (Wildman–Crippen MR) is 73.4 cm³/mol. The molecular formula is C12H9Br2NO. The first-order valence-corrected chi connectivity index (χ1v) is 6.26. The molecule has 2 nitrogen and oxygen atoms in total. The molecule has 0 bridgehead atoms. The largest absolute Gasteiger partial charge is 0.321 e. The Morgan fingerprint density at radius 1 is 1.44 bits per heavy atom. The second-order valence-corrected chi connectivity index (χ2v) is 5.42. The van der Waals surface area contributed by atoms with E-state index in [9.17, 15) is 4.79 Å². The Morgan fingerprint density at radius 3 is 2.75 bits per heavy atom. The van der Waals surface area contributed by atoms with Gasteiger partial charge in [0.25, 0.3) is 5.91 Å². The van der Waals surface area contributed by atoms with Crippen molar-refractivity contribution in [2.75, 3.05) is 5.32 Å². The molecule has 4 heteroatoms. The summed E-state index contributed by atoms with van der Waals surface area (Å²) < 4.78 is 1.68. The van der Waals surface area contributed by atoms with Crippen LogP contribution in [-0.4, -0.2) is 5.91 Å². The fraction of sp³-hybridized carbons (Fsp3) is 0.0833. The molecule has 1 amide bonds. The topological polar surface area (TPSA) is 29.1 Å². The summed E-state index contributed by atoms with van der Waals surface area (Å²) in [5.41, 5.74) is 3.29. The van der Waals surface area contributed by atoms with E-state index in [0.29, 0.717) is 5.57 Å². The second-order valence-electron chi connectivity index (χ2n) is 3.55. The summed E-state index contributed by atoms with van der Waals surface area (Å²) in [6.07, 6.45) is 0. The molecule has 0 atom stereocenters. The lowest BCUT2D eigenvalue weighted by molar-refractivity contribution is -0.110. The number of benzene rings is 1. The van der Waals surface area contributed by atoms with E-state index in [2.05, 4.69) is 43.8 Å². The zero-order valence-electron chi connectivity index (χ0n) is 8.60. The molecule has 1 aliphatic heterocycles. The van der Waals surface area contributed by atoms with Gasteiger partial charge in [-0.1, -0.05) is 38.4 Å². The fourth-order valence-corrected chi connectivity index (χ4v) is 2.21. The number of nitrogens with one attached hydrogen (secondary N) is 1. The van der Waals surface area contributed by atoms with Crippen molar-refractivity contribution < 1.29 is 4.79 Å². The number of hydrogen-bond donors (Lipinski definition) is 1. The van der Waals surface area contributed by atoms with Crippen LogP contribution in [0.2, 0.25) is 0 Å². The molecule has 1 aromatic rings. The van der Waals surface area contributed by atoms with Crippen LogP contribution in [0.15, 0.2) is 39.3 Å². The zero-order valence-corrected chi connectivity index (χ0v) is 11.8. The average molecular weight is 343 g/mol. The Balaban J connectivity index is 2.68. The molecule has 82 valence electrons. The van der Waals surface area contributed by atoms with Gasteiger partial charge >= 0.3 is 0 Å². The number of hydrogen-bond acceptors (Lipinski definition) is 1. The first-order valence-electron chi connectivity index (χ1n) is 4.67. The lowest BCUT2D eigenvalue weighted by Crippen LogP contribution is -2.05. The van der Waals surface area contributed by atoms with Crippen molar-refractivity contribution >= 4 is 49.0 Å². The highest BCUT2D eigenvalue weighted by Gasteiger charge is 2.26. The normalized spacial score (nSPS) is 16.8. The van der Waals surface area contributed by atoms with Gasteiger partial charge in [-0.25, -0.2) is 0 Å². The minimum absolute atomic E-state index is 0.0776. The maximum absolute atomic E-state index is 11.8. The molecule has 2 rings (SSSR count). The van der Waals surface area contributed by atoms with Gasteiger partial charge in [-0.2, -0.15) is 0 Å². The number of rotatable bonds is 1. The summed E-state index contributed by atoms with van der Waals surface area (Å²) in [6, 6.07) is 5.72. The Labute approximate surface area is 111 Å². The quantitative estimate of drug-likeness (QED) is 0.765. The minimum atomic E-state index is -0.0776. The van der Waals surface area contributed by atoms with E-state index in [4.69, 9.17) is 0 Å². The summed E-state index contributed by atoms with van der Waals surface area (Å²) in [5, 5.41) is 2.83. The van der Waals surface area contributed by atoms with Crippen LogP contribution in [0, 0.1) is 0 Å². The number of carbonyl (C=O) groups is 1. The number of allylic oxidation sites excluding steroid dienone is 2. The van der Waals surface area contributed by atoms with Crippen LogP contribution in [0.3, 0.4) is 0 Å². The van der Waals surface area contributed by atoms with Gasteiger partial charge in [0.15, 0.2) is 0 Å². The van der Waals surface area contributed by atoms with Crippen LogP contribution >= 0.6 is 31.9 Å². The van der Waals surface area contributed by atoms with E-state index in [-0.39, 0.29) is 5.91 Å². The monoisotopic (exact) mass is 341 g/mol. The van der Waals surface area contributed by atoms with Crippen molar-refractivity contribution in [1.29, 1.82) is 0 Å². The van der Waals surface area contributed by atoms with Crippen molar-refractivity contribution in [2.45, 2.75) is 6.92 Å². The molecule has 16 heavy (non-hydrogen) atoms. The van der Waals surface area contributed by atoms with Crippen molar-refractivity contribution in [3.05, 3.63) is 44.9 Å². The number of carbonyl (C=O) groups excluding carboxylic acids is 1. The Kier molecular flexibility index (Phi) is 3.04. The Morgan fingerprint density at radius 2 is 2.12 bits per heavy atom. The van der Waals surface area contributed by atoms with E-state index < -0.39 is 0 Å². The molecule has 1 aromatic carbocycles. The maximum Gasteiger partial charge on any atom is 0.256 e. The number of halogens is 2. The summed E-state index contributed by atoms with van der Waals surface area (Å²) in [6.45, 7) is 5.67. The molecule has 0 spiro atoms. The van der Waals surface area contributed by atoms with Gasteiger partial charge in [0.2, 0.25) is 0 Å². The Hall–Kier alpha value is -0.870. The van der Waals surface area contributed by atoms with E-state index in [1.165, 1.54) is 0 Å². The molecule has 0 radical (unpaired) electrons. The van der Waals surface area contributed by atoms with Crippen molar-refractivity contribution in [3.8, 4) is 0 Å². The van der Waals surface area contributed by atoms with Gasteiger partial charge in [-0.15, -0.1) is 0 Å². The fourth-order valence-electron chi connectivity index (χ4n) is 1.65. The number of amides is 1. The molecule has 1 heterocycles. The van der Waals surface area contributed by atoms with Gasteiger partial charge in [-0.05, 0) is 30.7 Å². The smallest absolute Gasteiger partial charge is 0.256 e. The lowest BCUT2D eigenvalue weighted by atomic mass is 10.0. The molecule has 0 unspecified atom stereocenters. The first-order chi connectivity index (χ1) is 7.50. The van der Waals surface area contributed by atoms with Crippen LogP contribution in [0.1, 0.15) is 12.5 Å². The van der Waals surface area contributed by atoms with Crippen LogP contribution in [0.5, 0.6) is 0 Å². The van der Waals surface area contributed by atoms with Gasteiger partial charge in [-0.3, -0.25) is 4.79 Å². The third-order valence-electron chi connectivity index (χ3n) is 2.51. The van der Waals surface area contributed by atoms with Gasteiger partial charge in [0, 0.05) is 20.2 Å². The highest BCUT2D eigenvalue weighted by atomic mass is 79.9. The van der Waals surface area contributed by atoms with Crippen LogP contribution < -0.4 is 5.32 Å². The zero-order chi connectivity index (χ0) is 11.9. The molecule has 1 aliphatic rings. The SMILES string of the molecule is C=C(Br)/C(C)=C1\C(=O)Nc2ccc(Br)cc21. The second kappa shape index (κ2) is 4.18. The summed E-state index contributed by atoms with van der Waals surface area (Å²) in [4.78, 5) is 11.8. The van der Waals surface area contributed by atoms with Crippen LogP contribution in [-0.2, 0) is 4.79 Å². The number of anilines is 1. The van der Waals surface area contributed by atoms with Gasteiger partial charge in [0.05, 0.1) is 5.57 Å². The van der Waals surface area contributed by atoms with E-state index in [0.717, 1.165) is 25.8 Å². The lowest BCUT2D eigenvalue weighted by Gasteiger charge is -2.03. The summed E-state index contributed by atoms with van der Waals surface area (Å²) in [5.74, 6) is -0.0776. The maximum atomic E-state index is 11.8. The van der Waals surface area contributed by atoms with E-state index >= 15 is 0 Å². The van der Waals surface area contributed by atoms with Crippen molar-refractivity contribution in [3.63, 3.8) is 0 Å². The molecule has 0 aliphatic carbocycles. The summed E-state index contributed by atoms with van der Waals surface area (Å²) >= 11 is 6.71. The molecule has 1 N–H and O–H groups in total. The standard InChI is InChI=1S/C12H9Br2NO/c1-6(7(2)13)11-9-5-8(14)3-4-10(9)15-12(11)16/h3-5H,2H2,1H3,(H,15,16)/b11-6-. The summed E-state index contributed by atoms with van der Waals surface area (Å²) in [7, 11) is 0. The van der Waals surface area contributed by atoms with Crippen LogP contribution in [0.25, 0.3) is 5.57 Å². The third-order valence-corrected chi connectivity index (χ3v) is 3.60. The van der Waals surface area contributed by atoms with Gasteiger partial charge < -0.3 is 5.32 Å². The molecule has 0 saturated heterocycles. The molecule has 0 aromatic heterocycles. The third kappa shape index (κ3) is 1.87. The van der Waals surface area contributed by atoms with Gasteiger partial charge in [0.1, 0.15) is 0 Å². The van der Waals surface area contributed by atoms with E-state index in [1.807, 2.05) is 25.1 Å². The van der Waals surface area contributed by atoms with E-state index in [1.54, 1.807) is 0 Å². The van der Waals surface area contributed by atoms with Crippen molar-refractivity contribution in [1.82, 2.24) is 0 Å². The van der Waals surface area contributed by atoms with Crippen LogP contribution in [0.4, 0.5) is 5.69 Å². The highest BCUT2D eigenvalue weighted by Crippen LogP contribution is 2.37. The van der Waals surface area contributed by atoms with Crippen molar-refractivity contribution in [2.24, 2.45) is 0 Å². The highest BCUT2D eigenvalue weighted by molar-refractivity contribution is 9.12. The average Bonchev–Trinajstić information content (AvgIpc) is 2.52. The first kappa shape index (κ1) is 11.6. The molecule has 0 fully saturated rings. The Bertz CT molecular complexity index is 532.